The van der Waals surface area contributed by atoms with E-state index >= 15 is 0 Å². The van der Waals surface area contributed by atoms with Gasteiger partial charge in [-0.2, -0.15) is 0 Å². The minimum Gasteiger partial charge on any atom is -0.465 e. The molecule has 0 saturated heterocycles. The molecule has 0 bridgehead atoms. The normalized spacial score (nSPS) is 11.2. The topological polar surface area (TPSA) is 74.4 Å². The van der Waals surface area contributed by atoms with Crippen LogP contribution in [0.1, 0.15) is 21.6 Å². The van der Waals surface area contributed by atoms with Crippen molar-refractivity contribution in [3.8, 4) is 5.88 Å². The maximum Gasteiger partial charge on any atom is 0.574 e. The molecule has 0 saturated carbocycles. The maximum atomic E-state index is 12.2. The van der Waals surface area contributed by atoms with Crippen molar-refractivity contribution < 1.29 is 27.4 Å². The predicted octanol–water partition coefficient (Wildman–Crippen LogP) is 1.53. The number of pyridine rings is 1. The average Bonchev–Trinajstić information content (AvgIpc) is 2.28. The Morgan fingerprint density at radius 1 is 1.50 bits per heavy atom. The number of hydrogen-bond donors (Lipinski definition) is 1. The Morgan fingerprint density at radius 3 is 2.56 bits per heavy atom. The molecule has 0 aliphatic heterocycles. The van der Waals surface area contributed by atoms with Crippen molar-refractivity contribution in [3.63, 3.8) is 0 Å². The predicted molar refractivity (Wildman–Crippen MR) is 54.9 cm³/mol. The fourth-order valence-corrected chi connectivity index (χ4v) is 1.28. The van der Waals surface area contributed by atoms with Crippen LogP contribution in [-0.4, -0.2) is 24.4 Å². The lowest BCUT2D eigenvalue weighted by Gasteiger charge is -2.13. The first-order chi connectivity index (χ1) is 8.28. The molecule has 8 heteroatoms. The molecule has 1 rings (SSSR count). The van der Waals surface area contributed by atoms with Gasteiger partial charge in [0, 0.05) is 6.54 Å². The van der Waals surface area contributed by atoms with Crippen LogP contribution < -0.4 is 10.5 Å². The molecule has 0 amide bonds. The summed E-state index contributed by atoms with van der Waals surface area (Å²) < 4.78 is 44.6. The smallest absolute Gasteiger partial charge is 0.465 e. The summed E-state index contributed by atoms with van der Waals surface area (Å²) in [6.45, 7) is 1.50. The molecule has 0 aliphatic rings. The van der Waals surface area contributed by atoms with Gasteiger partial charge in [-0.3, -0.25) is 0 Å². The van der Waals surface area contributed by atoms with Crippen LogP contribution in [-0.2, 0) is 11.3 Å². The fraction of sp³-hybridized carbons (Fsp3) is 0.400. The summed E-state index contributed by atoms with van der Waals surface area (Å²) in [7, 11) is 1.05. The second kappa shape index (κ2) is 5.21. The first kappa shape index (κ1) is 14.2. The Kier molecular flexibility index (Phi) is 4.12. The lowest BCUT2D eigenvalue weighted by Crippen LogP contribution is -2.21. The molecule has 1 aromatic heterocycles. The standard InChI is InChI=1S/C10H11F3N2O3/c1-5-3-6(9(16)17-2)8(15-7(5)4-14)18-10(11,12)13/h3H,4,14H2,1-2H3. The fourth-order valence-electron chi connectivity index (χ4n) is 1.28. The van der Waals surface area contributed by atoms with Crippen LogP contribution in [0.4, 0.5) is 13.2 Å². The number of hydrogen-bond acceptors (Lipinski definition) is 5. The van der Waals surface area contributed by atoms with E-state index in [1.54, 1.807) is 6.92 Å². The van der Waals surface area contributed by atoms with Gasteiger partial charge < -0.3 is 15.2 Å². The van der Waals surface area contributed by atoms with Gasteiger partial charge in [0.05, 0.1) is 12.8 Å². The average molecular weight is 264 g/mol. The van der Waals surface area contributed by atoms with E-state index in [-0.39, 0.29) is 12.2 Å². The third-order valence-electron chi connectivity index (χ3n) is 2.09. The van der Waals surface area contributed by atoms with E-state index in [1.807, 2.05) is 0 Å². The molecule has 0 aromatic carbocycles. The van der Waals surface area contributed by atoms with Gasteiger partial charge in [-0.1, -0.05) is 0 Å². The summed E-state index contributed by atoms with van der Waals surface area (Å²) in [6.07, 6.45) is -4.95. The van der Waals surface area contributed by atoms with Gasteiger partial charge in [0.25, 0.3) is 0 Å². The zero-order chi connectivity index (χ0) is 13.9. The quantitative estimate of drug-likeness (QED) is 0.838. The summed E-state index contributed by atoms with van der Waals surface area (Å²) in [5.74, 6) is -1.83. The number of rotatable bonds is 3. The van der Waals surface area contributed by atoms with E-state index in [0.717, 1.165) is 7.11 Å². The Balaban J connectivity index is 3.30. The van der Waals surface area contributed by atoms with Crippen LogP contribution in [0.25, 0.3) is 0 Å². The maximum absolute atomic E-state index is 12.2. The van der Waals surface area contributed by atoms with Crippen molar-refractivity contribution in [1.29, 1.82) is 0 Å². The number of esters is 1. The molecular formula is C10H11F3N2O3. The third kappa shape index (κ3) is 3.33. The van der Waals surface area contributed by atoms with Crippen LogP contribution in [0.15, 0.2) is 6.07 Å². The number of halogens is 3. The molecule has 0 radical (unpaired) electrons. The zero-order valence-corrected chi connectivity index (χ0v) is 9.67. The van der Waals surface area contributed by atoms with Gasteiger partial charge in [-0.25, -0.2) is 9.78 Å². The van der Waals surface area contributed by atoms with Crippen molar-refractivity contribution in [2.45, 2.75) is 19.8 Å². The summed E-state index contributed by atoms with van der Waals surface area (Å²) in [6, 6.07) is 1.20. The lowest BCUT2D eigenvalue weighted by molar-refractivity contribution is -0.276. The van der Waals surface area contributed by atoms with E-state index in [9.17, 15) is 18.0 Å². The van der Waals surface area contributed by atoms with Crippen LogP contribution in [0.3, 0.4) is 0 Å². The summed E-state index contributed by atoms with van der Waals surface area (Å²) in [5, 5.41) is 0. The molecule has 0 spiro atoms. The highest BCUT2D eigenvalue weighted by molar-refractivity contribution is 5.92. The van der Waals surface area contributed by atoms with E-state index in [4.69, 9.17) is 5.73 Å². The highest BCUT2D eigenvalue weighted by atomic mass is 19.4. The SMILES string of the molecule is COC(=O)c1cc(C)c(CN)nc1OC(F)(F)F. The number of aromatic nitrogens is 1. The van der Waals surface area contributed by atoms with Gasteiger partial charge in [0.1, 0.15) is 5.56 Å². The Labute approximate surface area is 101 Å². The minimum atomic E-state index is -4.95. The largest absolute Gasteiger partial charge is 0.574 e. The molecule has 0 fully saturated rings. The molecule has 1 heterocycles. The van der Waals surface area contributed by atoms with Gasteiger partial charge in [-0.05, 0) is 18.6 Å². The number of methoxy groups -OCH3 is 1. The number of alkyl halides is 3. The third-order valence-corrected chi connectivity index (χ3v) is 2.09. The van der Waals surface area contributed by atoms with Crippen LogP contribution in [0.2, 0.25) is 0 Å². The molecule has 0 unspecified atom stereocenters. The molecule has 2 N–H and O–H groups in total. The first-order valence-electron chi connectivity index (χ1n) is 4.83. The molecule has 0 aliphatic carbocycles. The number of aryl methyl sites for hydroxylation is 1. The Bertz CT molecular complexity index is 460. The van der Waals surface area contributed by atoms with E-state index < -0.39 is 23.8 Å². The molecule has 100 valence electrons. The van der Waals surface area contributed by atoms with E-state index in [0.29, 0.717) is 5.56 Å². The van der Waals surface area contributed by atoms with Gasteiger partial charge in [-0.15, -0.1) is 13.2 Å². The van der Waals surface area contributed by atoms with Crippen molar-refractivity contribution >= 4 is 5.97 Å². The second-order valence-corrected chi connectivity index (χ2v) is 3.35. The monoisotopic (exact) mass is 264 g/mol. The van der Waals surface area contributed by atoms with Crippen molar-refractivity contribution in [3.05, 3.63) is 22.9 Å². The van der Waals surface area contributed by atoms with E-state index in [1.165, 1.54) is 6.07 Å². The molecule has 5 nitrogen and oxygen atoms in total. The van der Waals surface area contributed by atoms with Crippen LogP contribution in [0.5, 0.6) is 5.88 Å². The molecule has 1 aromatic rings. The number of carbonyl (C=O) groups is 1. The van der Waals surface area contributed by atoms with Crippen LogP contribution in [0, 0.1) is 6.92 Å². The van der Waals surface area contributed by atoms with Crippen molar-refractivity contribution in [2.75, 3.05) is 7.11 Å². The molecule has 0 atom stereocenters. The van der Waals surface area contributed by atoms with Crippen LogP contribution >= 0.6 is 0 Å². The lowest BCUT2D eigenvalue weighted by atomic mass is 10.1. The Hall–Kier alpha value is -1.83. The number of nitrogens with zero attached hydrogens (tertiary/aromatic N) is 1. The van der Waals surface area contributed by atoms with Crippen molar-refractivity contribution in [2.24, 2.45) is 5.73 Å². The Morgan fingerprint density at radius 2 is 2.11 bits per heavy atom. The summed E-state index contributed by atoms with van der Waals surface area (Å²) >= 11 is 0. The summed E-state index contributed by atoms with van der Waals surface area (Å²) in [5.41, 5.74) is 5.62. The highest BCUT2D eigenvalue weighted by Gasteiger charge is 2.34. The molecule has 18 heavy (non-hydrogen) atoms. The molecular weight excluding hydrogens is 253 g/mol. The second-order valence-electron chi connectivity index (χ2n) is 3.35. The minimum absolute atomic E-state index is 0.0680. The van der Waals surface area contributed by atoms with Gasteiger partial charge in [0.2, 0.25) is 5.88 Å². The van der Waals surface area contributed by atoms with Gasteiger partial charge in [0.15, 0.2) is 0 Å². The zero-order valence-electron chi connectivity index (χ0n) is 9.67. The number of ether oxygens (including phenoxy) is 2. The first-order valence-corrected chi connectivity index (χ1v) is 4.83. The van der Waals surface area contributed by atoms with Gasteiger partial charge >= 0.3 is 12.3 Å². The number of carbonyl (C=O) groups excluding carboxylic acids is 1. The van der Waals surface area contributed by atoms with Crippen molar-refractivity contribution in [1.82, 2.24) is 4.98 Å². The highest BCUT2D eigenvalue weighted by Crippen LogP contribution is 2.26. The number of nitrogens with two attached hydrogens (primary N) is 1. The summed E-state index contributed by atoms with van der Waals surface area (Å²) in [4.78, 5) is 14.9. The van der Waals surface area contributed by atoms with E-state index in [2.05, 4.69) is 14.5 Å².